The molecule has 0 bridgehead atoms. The van der Waals surface area contributed by atoms with Crippen molar-refractivity contribution in [2.75, 3.05) is 0 Å². The highest BCUT2D eigenvalue weighted by molar-refractivity contribution is 5.50. The van der Waals surface area contributed by atoms with E-state index in [0.29, 0.717) is 28.7 Å². The normalized spacial score (nSPS) is 11.2. The van der Waals surface area contributed by atoms with Crippen molar-refractivity contribution in [1.82, 2.24) is 0 Å². The minimum absolute atomic E-state index is 0.129. The van der Waals surface area contributed by atoms with Gasteiger partial charge in [0.25, 0.3) is 0 Å². The Labute approximate surface area is 181 Å². The van der Waals surface area contributed by atoms with Gasteiger partial charge < -0.3 is 20.4 Å². The third kappa shape index (κ3) is 4.19. The van der Waals surface area contributed by atoms with Gasteiger partial charge in [-0.15, -0.1) is 0 Å². The van der Waals surface area contributed by atoms with E-state index in [1.807, 2.05) is 48.5 Å². The number of rotatable bonds is 6. The molecule has 4 nitrogen and oxygen atoms in total. The summed E-state index contributed by atoms with van der Waals surface area (Å²) in [5.74, 6) is -0.250. The summed E-state index contributed by atoms with van der Waals surface area (Å²) in [4.78, 5) is 0. The van der Waals surface area contributed by atoms with Crippen molar-refractivity contribution < 1.29 is 20.4 Å². The first-order valence-electron chi connectivity index (χ1n) is 10.2. The summed E-state index contributed by atoms with van der Waals surface area (Å²) in [5.41, 5.74) is 2.67. The van der Waals surface area contributed by atoms with Crippen LogP contribution < -0.4 is 0 Å². The fraction of sp³-hybridized carbons (Fsp3) is 0.111. The van der Waals surface area contributed by atoms with Gasteiger partial charge in [-0.05, 0) is 30.7 Å². The van der Waals surface area contributed by atoms with E-state index >= 15 is 0 Å². The monoisotopic (exact) mass is 412 g/mol. The summed E-state index contributed by atoms with van der Waals surface area (Å²) in [6.45, 7) is 0. The zero-order chi connectivity index (χ0) is 21.8. The molecule has 31 heavy (non-hydrogen) atoms. The zero-order valence-corrected chi connectivity index (χ0v) is 16.9. The highest BCUT2D eigenvalue weighted by atomic mass is 16.3. The van der Waals surface area contributed by atoms with E-state index in [0.717, 1.165) is 0 Å². The third-order valence-electron chi connectivity index (χ3n) is 5.72. The molecule has 0 aliphatic carbocycles. The van der Waals surface area contributed by atoms with Crippen molar-refractivity contribution >= 4 is 0 Å². The fourth-order valence-electron chi connectivity index (χ4n) is 4.21. The first kappa shape index (κ1) is 20.4. The Kier molecular flexibility index (Phi) is 5.80. The van der Waals surface area contributed by atoms with Crippen molar-refractivity contribution in [3.05, 3.63) is 119 Å². The molecule has 4 aromatic rings. The van der Waals surface area contributed by atoms with Crippen LogP contribution in [0, 0.1) is 0 Å². The van der Waals surface area contributed by atoms with Crippen LogP contribution in [0.25, 0.3) is 0 Å². The molecule has 0 atom stereocenters. The molecule has 0 heterocycles. The summed E-state index contributed by atoms with van der Waals surface area (Å²) in [5, 5.41) is 42.5. The molecule has 4 heteroatoms. The number of para-hydroxylation sites is 4. The van der Waals surface area contributed by atoms with Gasteiger partial charge in [-0.1, -0.05) is 72.8 Å². The van der Waals surface area contributed by atoms with Crippen LogP contribution in [0.1, 0.15) is 40.5 Å². The van der Waals surface area contributed by atoms with Crippen LogP contribution in [-0.4, -0.2) is 20.4 Å². The Morgan fingerprint density at radius 2 is 0.613 bits per heavy atom. The molecule has 4 aromatic carbocycles. The van der Waals surface area contributed by atoms with Gasteiger partial charge in [0.15, 0.2) is 0 Å². The molecule has 0 radical (unpaired) electrons. The maximum Gasteiger partial charge on any atom is 0.119 e. The maximum atomic E-state index is 10.6. The number of hydrogen-bond donors (Lipinski definition) is 4. The lowest BCUT2D eigenvalue weighted by atomic mass is 9.77. The fourth-order valence-corrected chi connectivity index (χ4v) is 4.21. The molecule has 0 aliphatic rings. The smallest absolute Gasteiger partial charge is 0.119 e. The number of benzene rings is 4. The van der Waals surface area contributed by atoms with Crippen molar-refractivity contribution in [3.8, 4) is 23.0 Å². The molecule has 0 unspecified atom stereocenters. The highest BCUT2D eigenvalue weighted by Crippen LogP contribution is 2.46. The predicted molar refractivity (Wildman–Crippen MR) is 121 cm³/mol. The van der Waals surface area contributed by atoms with Crippen LogP contribution in [0.3, 0.4) is 0 Å². The Morgan fingerprint density at radius 1 is 0.387 bits per heavy atom. The SMILES string of the molecule is Oc1ccccc1C(CC(c1ccccc1O)c1ccccc1O)c1ccccc1O. The van der Waals surface area contributed by atoms with Gasteiger partial charge >= 0.3 is 0 Å². The molecule has 0 fully saturated rings. The average molecular weight is 412 g/mol. The summed E-state index contributed by atoms with van der Waals surface area (Å²) in [6.07, 6.45) is 0.407. The van der Waals surface area contributed by atoms with Gasteiger partial charge in [0.1, 0.15) is 23.0 Å². The minimum Gasteiger partial charge on any atom is -0.508 e. The number of phenolic OH excluding ortho intramolecular Hbond substituents is 4. The largest absolute Gasteiger partial charge is 0.508 e. The minimum atomic E-state index is -0.383. The Bertz CT molecular complexity index is 1000. The summed E-state index contributed by atoms with van der Waals surface area (Å²) in [7, 11) is 0. The molecule has 0 amide bonds. The van der Waals surface area contributed by atoms with Crippen molar-refractivity contribution in [2.45, 2.75) is 18.3 Å². The molecule has 0 saturated carbocycles. The van der Waals surface area contributed by atoms with Crippen molar-refractivity contribution in [2.24, 2.45) is 0 Å². The van der Waals surface area contributed by atoms with Crippen LogP contribution in [0.4, 0.5) is 0 Å². The number of phenols is 4. The van der Waals surface area contributed by atoms with Gasteiger partial charge in [0.2, 0.25) is 0 Å². The van der Waals surface area contributed by atoms with Crippen LogP contribution >= 0.6 is 0 Å². The average Bonchev–Trinajstić information content (AvgIpc) is 2.78. The Balaban J connectivity index is 1.89. The molecule has 0 aliphatic heterocycles. The summed E-state index contributed by atoms with van der Waals surface area (Å²) >= 11 is 0. The van der Waals surface area contributed by atoms with Crippen LogP contribution in [0.5, 0.6) is 23.0 Å². The molecule has 156 valence electrons. The lowest BCUT2D eigenvalue weighted by Crippen LogP contribution is -2.11. The standard InChI is InChI=1S/C27H24O4/c28-24-13-5-1-9-18(24)22(19-10-2-6-14-25(19)29)17-23(20-11-3-7-15-26(20)30)21-12-4-8-16-27(21)31/h1-16,22-23,28-31H,17H2. The van der Waals surface area contributed by atoms with E-state index in [9.17, 15) is 20.4 Å². The van der Waals surface area contributed by atoms with Gasteiger partial charge in [-0.25, -0.2) is 0 Å². The maximum absolute atomic E-state index is 10.6. The summed E-state index contributed by atoms with van der Waals surface area (Å²) < 4.78 is 0. The first-order valence-corrected chi connectivity index (χ1v) is 10.2. The highest BCUT2D eigenvalue weighted by Gasteiger charge is 2.28. The molecule has 0 saturated heterocycles. The zero-order valence-electron chi connectivity index (χ0n) is 16.9. The van der Waals surface area contributed by atoms with Gasteiger partial charge in [-0.2, -0.15) is 0 Å². The number of hydrogen-bond acceptors (Lipinski definition) is 4. The van der Waals surface area contributed by atoms with Gasteiger partial charge in [0, 0.05) is 34.1 Å². The van der Waals surface area contributed by atoms with E-state index in [1.54, 1.807) is 48.5 Å². The van der Waals surface area contributed by atoms with E-state index in [-0.39, 0.29) is 34.8 Å². The van der Waals surface area contributed by atoms with E-state index < -0.39 is 0 Å². The number of aromatic hydroxyl groups is 4. The molecule has 0 aromatic heterocycles. The molecule has 4 N–H and O–H groups in total. The van der Waals surface area contributed by atoms with E-state index in [2.05, 4.69) is 0 Å². The van der Waals surface area contributed by atoms with Gasteiger partial charge in [-0.3, -0.25) is 0 Å². The summed E-state index contributed by atoms with van der Waals surface area (Å²) in [6, 6.07) is 28.2. The molecule has 4 rings (SSSR count). The van der Waals surface area contributed by atoms with Crippen LogP contribution in [0.15, 0.2) is 97.1 Å². The first-order chi connectivity index (χ1) is 15.1. The van der Waals surface area contributed by atoms with E-state index in [1.165, 1.54) is 0 Å². The van der Waals surface area contributed by atoms with Crippen LogP contribution in [-0.2, 0) is 0 Å². The molecule has 0 spiro atoms. The Hall–Kier alpha value is -3.92. The second kappa shape index (κ2) is 8.84. The van der Waals surface area contributed by atoms with Gasteiger partial charge in [0.05, 0.1) is 0 Å². The lowest BCUT2D eigenvalue weighted by Gasteiger charge is -2.27. The molecular formula is C27H24O4. The third-order valence-corrected chi connectivity index (χ3v) is 5.72. The molecular weight excluding hydrogens is 388 g/mol. The topological polar surface area (TPSA) is 80.9 Å². The predicted octanol–water partition coefficient (Wildman–Crippen LogP) is 5.86. The second-order valence-electron chi connectivity index (χ2n) is 7.58. The Morgan fingerprint density at radius 3 is 0.839 bits per heavy atom. The lowest BCUT2D eigenvalue weighted by molar-refractivity contribution is 0.436. The van der Waals surface area contributed by atoms with Crippen LogP contribution in [0.2, 0.25) is 0 Å². The van der Waals surface area contributed by atoms with Crippen molar-refractivity contribution in [3.63, 3.8) is 0 Å². The quantitative estimate of drug-likeness (QED) is 0.320. The van der Waals surface area contributed by atoms with E-state index in [4.69, 9.17) is 0 Å². The van der Waals surface area contributed by atoms with Crippen molar-refractivity contribution in [1.29, 1.82) is 0 Å². The second-order valence-corrected chi connectivity index (χ2v) is 7.58.